The van der Waals surface area contributed by atoms with Crippen molar-refractivity contribution in [1.29, 1.82) is 0 Å². The monoisotopic (exact) mass is 165 g/mol. The van der Waals surface area contributed by atoms with E-state index in [4.69, 9.17) is 0 Å². The summed E-state index contributed by atoms with van der Waals surface area (Å²) in [6.07, 6.45) is 5.77. The second kappa shape index (κ2) is 2.96. The van der Waals surface area contributed by atoms with Crippen molar-refractivity contribution in [2.75, 3.05) is 14.1 Å². The highest BCUT2D eigenvalue weighted by Crippen LogP contribution is 2.33. The molecule has 0 amide bonds. The molecule has 0 aromatic heterocycles. The molecule has 1 aliphatic rings. The molecule has 0 bridgehead atoms. The zero-order chi connectivity index (χ0) is 9.35. The highest BCUT2D eigenvalue weighted by Gasteiger charge is 2.21. The van der Waals surface area contributed by atoms with Gasteiger partial charge < -0.3 is 4.90 Å². The van der Waals surface area contributed by atoms with Crippen molar-refractivity contribution in [2.45, 2.75) is 27.2 Å². The standard InChI is InChI=1S/C11H19N/c1-9-6-10(12(4)5)8-11(2,3)7-9/h6-7H,8H2,1-5H3. The highest BCUT2D eigenvalue weighted by atomic mass is 15.1. The van der Waals surface area contributed by atoms with Crippen molar-refractivity contribution in [3.05, 3.63) is 23.4 Å². The Balaban J connectivity index is 2.88. The number of allylic oxidation sites excluding steroid dienone is 4. The van der Waals surface area contributed by atoms with Crippen LogP contribution in [0.2, 0.25) is 0 Å². The molecule has 1 nitrogen and oxygen atoms in total. The summed E-state index contributed by atoms with van der Waals surface area (Å²) in [7, 11) is 4.22. The average Bonchev–Trinajstić information content (AvgIpc) is 1.82. The predicted molar refractivity (Wildman–Crippen MR) is 53.9 cm³/mol. The molecule has 12 heavy (non-hydrogen) atoms. The lowest BCUT2D eigenvalue weighted by Crippen LogP contribution is -2.21. The quantitative estimate of drug-likeness (QED) is 0.577. The summed E-state index contributed by atoms with van der Waals surface area (Å²) >= 11 is 0. The predicted octanol–water partition coefficient (Wildman–Crippen LogP) is 2.81. The molecule has 0 fully saturated rings. The molecule has 0 saturated carbocycles. The first-order chi connectivity index (χ1) is 5.41. The molecule has 0 atom stereocenters. The SMILES string of the molecule is CC1=CC(C)(C)CC(N(C)C)=C1. The van der Waals surface area contributed by atoms with E-state index in [0.717, 1.165) is 6.42 Å². The van der Waals surface area contributed by atoms with Gasteiger partial charge in [-0.15, -0.1) is 0 Å². The zero-order valence-corrected chi connectivity index (χ0v) is 8.81. The zero-order valence-electron chi connectivity index (χ0n) is 8.81. The van der Waals surface area contributed by atoms with Crippen LogP contribution in [0.25, 0.3) is 0 Å². The number of hydrogen-bond acceptors (Lipinski definition) is 1. The van der Waals surface area contributed by atoms with Gasteiger partial charge in [-0.05, 0) is 24.8 Å². The molecule has 0 aliphatic heterocycles. The molecular formula is C11H19N. The summed E-state index contributed by atoms with van der Waals surface area (Å²) in [6.45, 7) is 6.74. The Labute approximate surface area is 75.8 Å². The van der Waals surface area contributed by atoms with Gasteiger partial charge in [-0.3, -0.25) is 0 Å². The summed E-state index contributed by atoms with van der Waals surface area (Å²) < 4.78 is 0. The van der Waals surface area contributed by atoms with E-state index >= 15 is 0 Å². The first kappa shape index (κ1) is 9.37. The molecule has 0 radical (unpaired) electrons. The smallest absolute Gasteiger partial charge is 0.0138 e. The molecule has 0 N–H and O–H groups in total. The Bertz CT molecular complexity index is 231. The summed E-state index contributed by atoms with van der Waals surface area (Å²) in [5.41, 5.74) is 3.15. The Hall–Kier alpha value is -0.720. The summed E-state index contributed by atoms with van der Waals surface area (Å²) in [5.74, 6) is 0. The second-order valence-electron chi connectivity index (χ2n) is 4.58. The van der Waals surface area contributed by atoms with Crippen LogP contribution in [0.15, 0.2) is 23.4 Å². The Kier molecular flexibility index (Phi) is 2.31. The van der Waals surface area contributed by atoms with E-state index in [1.807, 2.05) is 0 Å². The number of hydrogen-bond donors (Lipinski definition) is 0. The van der Waals surface area contributed by atoms with E-state index in [9.17, 15) is 0 Å². The van der Waals surface area contributed by atoms with Crippen LogP contribution in [0.1, 0.15) is 27.2 Å². The van der Waals surface area contributed by atoms with Gasteiger partial charge in [-0.2, -0.15) is 0 Å². The molecule has 0 aromatic rings. The van der Waals surface area contributed by atoms with E-state index in [0.29, 0.717) is 5.41 Å². The van der Waals surface area contributed by atoms with E-state index in [1.165, 1.54) is 11.3 Å². The maximum absolute atomic E-state index is 2.35. The van der Waals surface area contributed by atoms with Crippen molar-refractivity contribution < 1.29 is 0 Å². The third-order valence-corrected chi connectivity index (χ3v) is 2.22. The van der Waals surface area contributed by atoms with Crippen LogP contribution in [-0.2, 0) is 0 Å². The minimum absolute atomic E-state index is 0.332. The maximum atomic E-state index is 2.35. The van der Waals surface area contributed by atoms with E-state index in [-0.39, 0.29) is 0 Å². The van der Waals surface area contributed by atoms with Crippen molar-refractivity contribution >= 4 is 0 Å². The van der Waals surface area contributed by atoms with E-state index in [2.05, 4.69) is 51.9 Å². The molecule has 68 valence electrons. The fraction of sp³-hybridized carbons (Fsp3) is 0.636. The third-order valence-electron chi connectivity index (χ3n) is 2.22. The van der Waals surface area contributed by atoms with Crippen molar-refractivity contribution in [3.63, 3.8) is 0 Å². The molecule has 0 aromatic carbocycles. The van der Waals surface area contributed by atoms with Gasteiger partial charge in [0.15, 0.2) is 0 Å². The van der Waals surface area contributed by atoms with Crippen LogP contribution in [-0.4, -0.2) is 19.0 Å². The van der Waals surface area contributed by atoms with Crippen LogP contribution in [0.5, 0.6) is 0 Å². The topological polar surface area (TPSA) is 3.24 Å². The molecule has 1 heteroatoms. The largest absolute Gasteiger partial charge is 0.381 e. The van der Waals surface area contributed by atoms with Crippen LogP contribution >= 0.6 is 0 Å². The van der Waals surface area contributed by atoms with Crippen LogP contribution in [0.3, 0.4) is 0 Å². The minimum atomic E-state index is 0.332. The van der Waals surface area contributed by atoms with E-state index < -0.39 is 0 Å². The maximum Gasteiger partial charge on any atom is 0.0138 e. The lowest BCUT2D eigenvalue weighted by atomic mass is 9.82. The molecule has 0 spiro atoms. The first-order valence-corrected chi connectivity index (χ1v) is 4.48. The summed E-state index contributed by atoms with van der Waals surface area (Å²) in [5, 5.41) is 0. The van der Waals surface area contributed by atoms with Gasteiger partial charge in [-0.25, -0.2) is 0 Å². The molecule has 1 rings (SSSR count). The second-order valence-corrected chi connectivity index (χ2v) is 4.58. The normalized spacial score (nSPS) is 21.4. The third kappa shape index (κ3) is 2.13. The van der Waals surface area contributed by atoms with E-state index in [1.54, 1.807) is 0 Å². The van der Waals surface area contributed by atoms with Crippen LogP contribution in [0.4, 0.5) is 0 Å². The van der Waals surface area contributed by atoms with Crippen molar-refractivity contribution in [3.8, 4) is 0 Å². The molecule has 0 heterocycles. The van der Waals surface area contributed by atoms with Gasteiger partial charge in [-0.1, -0.05) is 25.5 Å². The molecule has 1 aliphatic carbocycles. The molecule has 0 saturated heterocycles. The fourth-order valence-corrected chi connectivity index (χ4v) is 1.78. The number of rotatable bonds is 1. The van der Waals surface area contributed by atoms with Gasteiger partial charge in [0.2, 0.25) is 0 Å². The lowest BCUT2D eigenvalue weighted by molar-refractivity contribution is 0.384. The van der Waals surface area contributed by atoms with Gasteiger partial charge >= 0.3 is 0 Å². The van der Waals surface area contributed by atoms with Gasteiger partial charge in [0.25, 0.3) is 0 Å². The van der Waals surface area contributed by atoms with Crippen LogP contribution in [0, 0.1) is 5.41 Å². The highest BCUT2D eigenvalue weighted by molar-refractivity contribution is 5.29. The summed E-state index contributed by atoms with van der Waals surface area (Å²) in [4.78, 5) is 2.21. The number of nitrogens with zero attached hydrogens (tertiary/aromatic N) is 1. The van der Waals surface area contributed by atoms with Crippen molar-refractivity contribution in [1.82, 2.24) is 4.90 Å². The Morgan fingerprint density at radius 2 is 1.92 bits per heavy atom. The fourth-order valence-electron chi connectivity index (χ4n) is 1.78. The Morgan fingerprint density at radius 3 is 2.33 bits per heavy atom. The average molecular weight is 165 g/mol. The summed E-state index contributed by atoms with van der Waals surface area (Å²) in [6, 6.07) is 0. The minimum Gasteiger partial charge on any atom is -0.381 e. The van der Waals surface area contributed by atoms with Gasteiger partial charge in [0.1, 0.15) is 0 Å². The first-order valence-electron chi connectivity index (χ1n) is 4.48. The van der Waals surface area contributed by atoms with Crippen molar-refractivity contribution in [2.24, 2.45) is 5.41 Å². The lowest BCUT2D eigenvalue weighted by Gasteiger charge is -2.30. The Morgan fingerprint density at radius 1 is 1.33 bits per heavy atom. The van der Waals surface area contributed by atoms with Gasteiger partial charge in [0, 0.05) is 19.8 Å². The molecule has 0 unspecified atom stereocenters. The molecular weight excluding hydrogens is 146 g/mol. The van der Waals surface area contributed by atoms with Gasteiger partial charge in [0.05, 0.1) is 0 Å². The van der Waals surface area contributed by atoms with Crippen LogP contribution < -0.4 is 0 Å².